The molecule has 0 amide bonds. The second-order valence-electron chi connectivity index (χ2n) is 3.09. The van der Waals surface area contributed by atoms with E-state index >= 15 is 0 Å². The zero-order valence-electron chi connectivity index (χ0n) is 7.72. The summed E-state index contributed by atoms with van der Waals surface area (Å²) in [6, 6.07) is 7.82. The van der Waals surface area contributed by atoms with Gasteiger partial charge < -0.3 is 5.73 Å². The van der Waals surface area contributed by atoms with Crippen LogP contribution in [0.15, 0.2) is 42.9 Å². The van der Waals surface area contributed by atoms with Crippen LogP contribution < -0.4 is 5.73 Å². The minimum Gasteiger partial charge on any atom is -0.383 e. The van der Waals surface area contributed by atoms with Crippen LogP contribution in [0.4, 0.5) is 5.82 Å². The molecule has 0 saturated carbocycles. The van der Waals surface area contributed by atoms with E-state index < -0.39 is 0 Å². The fourth-order valence-electron chi connectivity index (χ4n) is 1.32. The molecule has 14 heavy (non-hydrogen) atoms. The molecule has 2 N–H and O–H groups in total. The summed E-state index contributed by atoms with van der Waals surface area (Å²) in [7, 11) is 0. The van der Waals surface area contributed by atoms with E-state index in [1.807, 2.05) is 30.5 Å². The van der Waals surface area contributed by atoms with Crippen LogP contribution in [0.5, 0.6) is 0 Å². The number of hydrogen-bond donors (Lipinski definition) is 1. The maximum absolute atomic E-state index is 5.74. The molecule has 0 radical (unpaired) electrons. The van der Waals surface area contributed by atoms with E-state index in [0.717, 1.165) is 17.5 Å². The molecule has 0 aromatic carbocycles. The Bertz CT molecular complexity index is 412. The Morgan fingerprint density at radius 2 is 2.00 bits per heavy atom. The second kappa shape index (κ2) is 3.87. The third kappa shape index (κ3) is 1.88. The van der Waals surface area contributed by atoms with Gasteiger partial charge in [0.15, 0.2) is 0 Å². The number of pyridine rings is 2. The lowest BCUT2D eigenvalue weighted by atomic mass is 10.1. The van der Waals surface area contributed by atoms with Gasteiger partial charge in [-0.15, -0.1) is 0 Å². The summed E-state index contributed by atoms with van der Waals surface area (Å²) >= 11 is 0. The zero-order valence-corrected chi connectivity index (χ0v) is 7.72. The predicted molar refractivity (Wildman–Crippen MR) is 55.7 cm³/mol. The molecule has 0 bridgehead atoms. The fraction of sp³-hybridized carbons (Fsp3) is 0.0909. The van der Waals surface area contributed by atoms with Crippen LogP contribution in [0, 0.1) is 0 Å². The van der Waals surface area contributed by atoms with Crippen molar-refractivity contribution in [2.45, 2.75) is 6.42 Å². The standard InChI is InChI=1S/C11H11N3/c12-11-10(4-2-6-14-11)7-9-3-1-5-13-8-9/h1-6,8H,7H2,(H2,12,14). The number of nitrogens with zero attached hydrogens (tertiary/aromatic N) is 2. The van der Waals surface area contributed by atoms with Crippen molar-refractivity contribution in [3.05, 3.63) is 54.0 Å². The Morgan fingerprint density at radius 1 is 1.14 bits per heavy atom. The van der Waals surface area contributed by atoms with Gasteiger partial charge >= 0.3 is 0 Å². The summed E-state index contributed by atoms with van der Waals surface area (Å²) in [6.45, 7) is 0. The van der Waals surface area contributed by atoms with E-state index in [2.05, 4.69) is 9.97 Å². The largest absolute Gasteiger partial charge is 0.383 e. The molecule has 2 heterocycles. The molecule has 2 aromatic rings. The number of nitrogen functional groups attached to an aromatic ring is 1. The maximum atomic E-state index is 5.74. The Balaban J connectivity index is 2.24. The quantitative estimate of drug-likeness (QED) is 0.774. The first kappa shape index (κ1) is 8.69. The van der Waals surface area contributed by atoms with Crippen LogP contribution in [0.1, 0.15) is 11.1 Å². The highest BCUT2D eigenvalue weighted by Crippen LogP contribution is 2.12. The molecular weight excluding hydrogens is 174 g/mol. The summed E-state index contributed by atoms with van der Waals surface area (Å²) < 4.78 is 0. The van der Waals surface area contributed by atoms with Crippen LogP contribution >= 0.6 is 0 Å². The van der Waals surface area contributed by atoms with Gasteiger partial charge in [0.05, 0.1) is 0 Å². The normalized spacial score (nSPS) is 10.0. The summed E-state index contributed by atoms with van der Waals surface area (Å²) in [5.74, 6) is 0.594. The van der Waals surface area contributed by atoms with Crippen molar-refractivity contribution in [3.63, 3.8) is 0 Å². The summed E-state index contributed by atoms with van der Waals surface area (Å²) in [5, 5.41) is 0. The highest BCUT2D eigenvalue weighted by Gasteiger charge is 1.99. The first-order chi connectivity index (χ1) is 6.86. The molecule has 70 valence electrons. The molecule has 0 aliphatic rings. The molecule has 0 atom stereocenters. The SMILES string of the molecule is Nc1ncccc1Cc1cccnc1. The molecule has 0 saturated heterocycles. The number of nitrogens with two attached hydrogens (primary N) is 1. The van der Waals surface area contributed by atoms with Crippen molar-refractivity contribution in [3.8, 4) is 0 Å². The van der Waals surface area contributed by atoms with Gasteiger partial charge in [-0.3, -0.25) is 4.98 Å². The first-order valence-corrected chi connectivity index (χ1v) is 4.44. The highest BCUT2D eigenvalue weighted by atomic mass is 14.8. The Hall–Kier alpha value is -1.90. The third-order valence-electron chi connectivity index (χ3n) is 2.04. The lowest BCUT2D eigenvalue weighted by Gasteiger charge is -2.03. The number of rotatable bonds is 2. The monoisotopic (exact) mass is 185 g/mol. The smallest absolute Gasteiger partial charge is 0.126 e. The lowest BCUT2D eigenvalue weighted by Crippen LogP contribution is -1.97. The van der Waals surface area contributed by atoms with Gasteiger partial charge in [0.2, 0.25) is 0 Å². The lowest BCUT2D eigenvalue weighted by molar-refractivity contribution is 1.12. The van der Waals surface area contributed by atoms with Gasteiger partial charge in [-0.25, -0.2) is 4.98 Å². The molecule has 3 nitrogen and oxygen atoms in total. The second-order valence-corrected chi connectivity index (χ2v) is 3.09. The molecule has 0 unspecified atom stereocenters. The summed E-state index contributed by atoms with van der Waals surface area (Å²) in [4.78, 5) is 8.08. The Kier molecular flexibility index (Phi) is 2.40. The van der Waals surface area contributed by atoms with E-state index in [0.29, 0.717) is 5.82 Å². The van der Waals surface area contributed by atoms with Crippen molar-refractivity contribution in [1.82, 2.24) is 9.97 Å². The minimum atomic E-state index is 0.594. The van der Waals surface area contributed by atoms with Crippen LogP contribution in [0.25, 0.3) is 0 Å². The number of aromatic nitrogens is 2. The first-order valence-electron chi connectivity index (χ1n) is 4.44. The molecule has 0 aliphatic heterocycles. The number of anilines is 1. The van der Waals surface area contributed by atoms with Crippen LogP contribution in [-0.2, 0) is 6.42 Å². The molecule has 0 aliphatic carbocycles. The Labute approximate surface area is 82.6 Å². The van der Waals surface area contributed by atoms with Gasteiger partial charge in [0.1, 0.15) is 5.82 Å². The van der Waals surface area contributed by atoms with E-state index in [1.54, 1.807) is 12.4 Å². The van der Waals surface area contributed by atoms with Gasteiger partial charge in [0.25, 0.3) is 0 Å². The molecule has 3 heteroatoms. The van der Waals surface area contributed by atoms with Crippen molar-refractivity contribution < 1.29 is 0 Å². The van der Waals surface area contributed by atoms with Crippen molar-refractivity contribution in [2.75, 3.05) is 5.73 Å². The molecular formula is C11H11N3. The molecule has 0 fully saturated rings. The van der Waals surface area contributed by atoms with E-state index in [1.165, 1.54) is 0 Å². The van der Waals surface area contributed by atoms with Crippen molar-refractivity contribution in [2.24, 2.45) is 0 Å². The van der Waals surface area contributed by atoms with Gasteiger partial charge in [0, 0.05) is 25.0 Å². The van der Waals surface area contributed by atoms with Crippen molar-refractivity contribution >= 4 is 5.82 Å². The fourth-order valence-corrected chi connectivity index (χ4v) is 1.32. The maximum Gasteiger partial charge on any atom is 0.126 e. The molecule has 2 aromatic heterocycles. The van der Waals surface area contributed by atoms with Crippen molar-refractivity contribution in [1.29, 1.82) is 0 Å². The van der Waals surface area contributed by atoms with E-state index in [9.17, 15) is 0 Å². The van der Waals surface area contributed by atoms with Gasteiger partial charge in [-0.05, 0) is 23.3 Å². The summed E-state index contributed by atoms with van der Waals surface area (Å²) in [6.07, 6.45) is 6.08. The predicted octanol–water partition coefficient (Wildman–Crippen LogP) is 1.65. The Morgan fingerprint density at radius 3 is 2.71 bits per heavy atom. The van der Waals surface area contributed by atoms with E-state index in [4.69, 9.17) is 5.73 Å². The number of hydrogen-bond acceptors (Lipinski definition) is 3. The van der Waals surface area contributed by atoms with Crippen LogP contribution in [-0.4, -0.2) is 9.97 Å². The topological polar surface area (TPSA) is 51.8 Å². The van der Waals surface area contributed by atoms with Crippen LogP contribution in [0.2, 0.25) is 0 Å². The average Bonchev–Trinajstić information content (AvgIpc) is 2.23. The zero-order chi connectivity index (χ0) is 9.80. The van der Waals surface area contributed by atoms with E-state index in [-0.39, 0.29) is 0 Å². The molecule has 0 spiro atoms. The average molecular weight is 185 g/mol. The summed E-state index contributed by atoms with van der Waals surface area (Å²) in [5.41, 5.74) is 7.92. The highest BCUT2D eigenvalue weighted by molar-refractivity contribution is 5.41. The van der Waals surface area contributed by atoms with Gasteiger partial charge in [-0.1, -0.05) is 12.1 Å². The third-order valence-corrected chi connectivity index (χ3v) is 2.04. The van der Waals surface area contributed by atoms with Gasteiger partial charge in [-0.2, -0.15) is 0 Å². The minimum absolute atomic E-state index is 0.594. The van der Waals surface area contributed by atoms with Crippen LogP contribution in [0.3, 0.4) is 0 Å². The molecule has 2 rings (SSSR count).